The lowest BCUT2D eigenvalue weighted by molar-refractivity contribution is 0.415. The number of aryl methyl sites for hydroxylation is 1. The molecule has 2 aromatic heterocycles. The number of rotatable bonds is 4. The minimum absolute atomic E-state index is 0.860. The molecule has 0 aliphatic heterocycles. The average Bonchev–Trinajstić information content (AvgIpc) is 3.33. The highest BCUT2D eigenvalue weighted by Crippen LogP contribution is 2.47. The maximum atomic E-state index is 5.24. The Hall–Kier alpha value is -2.50. The Morgan fingerprint density at radius 2 is 1.82 bits per heavy atom. The van der Waals surface area contributed by atoms with E-state index in [9.17, 15) is 0 Å². The number of aliphatic imine (C=N–C) groups is 1. The average molecular weight is 405 g/mol. The standard InChI is InChI=1S/C23H20N2OS2/c1-26-16-12-10-15(11-13-16)14-24-22-21(17-6-2-4-8-19(17)27-22)23-25-18-7-3-5-9-20(18)28-23/h3,5,7,9-14H,2,4,6,8H2,1H3/b24-14+. The second kappa shape index (κ2) is 7.49. The monoisotopic (exact) mass is 404 g/mol. The maximum Gasteiger partial charge on any atom is 0.127 e. The van der Waals surface area contributed by atoms with Gasteiger partial charge in [0.1, 0.15) is 15.8 Å². The van der Waals surface area contributed by atoms with Crippen molar-refractivity contribution in [2.45, 2.75) is 25.7 Å². The molecule has 2 aromatic carbocycles. The van der Waals surface area contributed by atoms with Gasteiger partial charge in [0.05, 0.1) is 22.9 Å². The number of aromatic nitrogens is 1. The molecule has 0 fully saturated rings. The third kappa shape index (κ3) is 3.25. The molecular weight excluding hydrogens is 384 g/mol. The summed E-state index contributed by atoms with van der Waals surface area (Å²) in [5.41, 5.74) is 4.87. The van der Waals surface area contributed by atoms with Gasteiger partial charge in [0, 0.05) is 11.1 Å². The molecule has 140 valence electrons. The first kappa shape index (κ1) is 17.6. The first-order valence-electron chi connectivity index (χ1n) is 9.50. The smallest absolute Gasteiger partial charge is 0.127 e. The van der Waals surface area contributed by atoms with Gasteiger partial charge in [0.15, 0.2) is 0 Å². The lowest BCUT2D eigenvalue weighted by atomic mass is 9.96. The van der Waals surface area contributed by atoms with E-state index in [1.165, 1.54) is 33.5 Å². The van der Waals surface area contributed by atoms with Crippen molar-refractivity contribution in [2.24, 2.45) is 4.99 Å². The van der Waals surface area contributed by atoms with Crippen LogP contribution >= 0.6 is 22.7 Å². The zero-order chi connectivity index (χ0) is 18.9. The zero-order valence-electron chi connectivity index (χ0n) is 15.6. The number of thiazole rings is 1. The van der Waals surface area contributed by atoms with Crippen LogP contribution in [0, 0.1) is 0 Å². The van der Waals surface area contributed by atoms with Crippen LogP contribution in [0.15, 0.2) is 53.5 Å². The van der Waals surface area contributed by atoms with Crippen molar-refractivity contribution in [1.82, 2.24) is 4.98 Å². The summed E-state index contributed by atoms with van der Waals surface area (Å²) in [6.07, 6.45) is 6.77. The highest BCUT2D eigenvalue weighted by Gasteiger charge is 2.23. The van der Waals surface area contributed by atoms with Crippen LogP contribution in [0.2, 0.25) is 0 Å². The van der Waals surface area contributed by atoms with Gasteiger partial charge in [-0.25, -0.2) is 9.98 Å². The van der Waals surface area contributed by atoms with E-state index in [0.29, 0.717) is 0 Å². The van der Waals surface area contributed by atoms with E-state index in [0.717, 1.165) is 39.7 Å². The summed E-state index contributed by atoms with van der Waals surface area (Å²) in [5, 5.41) is 2.18. The molecule has 0 radical (unpaired) electrons. The van der Waals surface area contributed by atoms with Crippen LogP contribution in [-0.4, -0.2) is 18.3 Å². The first-order valence-corrected chi connectivity index (χ1v) is 11.1. The molecule has 1 aliphatic carbocycles. The second-order valence-electron chi connectivity index (χ2n) is 6.91. The quantitative estimate of drug-likeness (QED) is 0.356. The number of para-hydroxylation sites is 1. The summed E-state index contributed by atoms with van der Waals surface area (Å²) in [6, 6.07) is 16.4. The van der Waals surface area contributed by atoms with Gasteiger partial charge in [-0.15, -0.1) is 22.7 Å². The summed E-state index contributed by atoms with van der Waals surface area (Å²) in [6.45, 7) is 0. The fourth-order valence-electron chi connectivity index (χ4n) is 3.67. The van der Waals surface area contributed by atoms with E-state index in [1.807, 2.05) is 41.8 Å². The molecule has 28 heavy (non-hydrogen) atoms. The summed E-state index contributed by atoms with van der Waals surface area (Å²) < 4.78 is 6.48. The van der Waals surface area contributed by atoms with Gasteiger partial charge in [-0.05, 0) is 73.2 Å². The Bertz CT molecular complexity index is 1120. The highest BCUT2D eigenvalue weighted by atomic mass is 32.1. The van der Waals surface area contributed by atoms with E-state index in [-0.39, 0.29) is 0 Å². The Morgan fingerprint density at radius 1 is 1.00 bits per heavy atom. The summed E-state index contributed by atoms with van der Waals surface area (Å²) >= 11 is 3.61. The Morgan fingerprint density at radius 3 is 2.64 bits per heavy atom. The summed E-state index contributed by atoms with van der Waals surface area (Å²) in [5.74, 6) is 0.860. The molecule has 3 nitrogen and oxygen atoms in total. The number of ether oxygens (including phenoxy) is 1. The number of nitrogens with zero attached hydrogens (tertiary/aromatic N) is 2. The minimum atomic E-state index is 0.860. The van der Waals surface area contributed by atoms with E-state index in [4.69, 9.17) is 14.7 Å². The normalized spacial score (nSPS) is 13.9. The molecule has 0 bridgehead atoms. The molecule has 2 heterocycles. The molecule has 0 saturated carbocycles. The minimum Gasteiger partial charge on any atom is -0.497 e. The number of benzene rings is 2. The van der Waals surface area contributed by atoms with Crippen molar-refractivity contribution in [3.63, 3.8) is 0 Å². The predicted molar refractivity (Wildman–Crippen MR) is 120 cm³/mol. The van der Waals surface area contributed by atoms with Crippen LogP contribution in [0.4, 0.5) is 5.00 Å². The molecular formula is C23H20N2OS2. The van der Waals surface area contributed by atoms with Gasteiger partial charge in [-0.3, -0.25) is 0 Å². The van der Waals surface area contributed by atoms with Crippen molar-refractivity contribution >= 4 is 44.1 Å². The fraction of sp³-hybridized carbons (Fsp3) is 0.217. The molecule has 1 aliphatic rings. The third-order valence-corrected chi connectivity index (χ3v) is 7.36. The highest BCUT2D eigenvalue weighted by molar-refractivity contribution is 7.22. The largest absolute Gasteiger partial charge is 0.497 e. The summed E-state index contributed by atoms with van der Waals surface area (Å²) in [7, 11) is 1.68. The number of thiophene rings is 1. The topological polar surface area (TPSA) is 34.5 Å². The number of hydrogen-bond donors (Lipinski definition) is 0. The van der Waals surface area contributed by atoms with Gasteiger partial charge in [0.25, 0.3) is 0 Å². The molecule has 0 spiro atoms. The van der Waals surface area contributed by atoms with Crippen molar-refractivity contribution in [2.75, 3.05) is 7.11 Å². The molecule has 0 amide bonds. The SMILES string of the molecule is COc1ccc(/C=N/c2sc3c(c2-c2nc4ccccc4s2)CCCC3)cc1. The van der Waals surface area contributed by atoms with Gasteiger partial charge in [-0.1, -0.05) is 12.1 Å². The van der Waals surface area contributed by atoms with Crippen LogP contribution in [0.1, 0.15) is 28.8 Å². The molecule has 5 heteroatoms. The van der Waals surface area contributed by atoms with Crippen LogP contribution in [-0.2, 0) is 12.8 Å². The Balaban J connectivity index is 1.59. The van der Waals surface area contributed by atoms with E-state index < -0.39 is 0 Å². The number of methoxy groups -OCH3 is 1. The lowest BCUT2D eigenvalue weighted by Gasteiger charge is -2.11. The van der Waals surface area contributed by atoms with Gasteiger partial charge in [0.2, 0.25) is 0 Å². The third-order valence-electron chi connectivity index (χ3n) is 5.11. The molecule has 0 saturated heterocycles. The van der Waals surface area contributed by atoms with Crippen molar-refractivity contribution in [3.8, 4) is 16.3 Å². The van der Waals surface area contributed by atoms with Crippen LogP contribution in [0.5, 0.6) is 5.75 Å². The van der Waals surface area contributed by atoms with Crippen molar-refractivity contribution in [3.05, 3.63) is 64.5 Å². The molecule has 0 N–H and O–H groups in total. The van der Waals surface area contributed by atoms with Gasteiger partial charge >= 0.3 is 0 Å². The molecule has 4 aromatic rings. The van der Waals surface area contributed by atoms with Gasteiger partial charge in [-0.2, -0.15) is 0 Å². The summed E-state index contributed by atoms with van der Waals surface area (Å²) in [4.78, 5) is 11.3. The molecule has 5 rings (SSSR count). The number of fused-ring (bicyclic) bond motifs is 2. The first-order chi connectivity index (χ1) is 13.8. The van der Waals surface area contributed by atoms with Crippen LogP contribution in [0.3, 0.4) is 0 Å². The number of hydrogen-bond acceptors (Lipinski definition) is 5. The Kier molecular flexibility index (Phi) is 4.71. The van der Waals surface area contributed by atoms with Crippen molar-refractivity contribution in [1.29, 1.82) is 0 Å². The zero-order valence-corrected chi connectivity index (χ0v) is 17.3. The van der Waals surface area contributed by atoms with Crippen LogP contribution in [0.25, 0.3) is 20.8 Å². The van der Waals surface area contributed by atoms with E-state index >= 15 is 0 Å². The molecule has 0 unspecified atom stereocenters. The predicted octanol–water partition coefficient (Wildman–Crippen LogP) is 6.66. The van der Waals surface area contributed by atoms with Crippen molar-refractivity contribution < 1.29 is 4.74 Å². The van der Waals surface area contributed by atoms with E-state index in [1.54, 1.807) is 18.4 Å². The Labute approximate surface area is 172 Å². The molecule has 0 atom stereocenters. The lowest BCUT2D eigenvalue weighted by Crippen LogP contribution is -1.99. The van der Waals surface area contributed by atoms with Crippen LogP contribution < -0.4 is 4.74 Å². The maximum absolute atomic E-state index is 5.24. The fourth-order valence-corrected chi connectivity index (χ4v) is 6.00. The van der Waals surface area contributed by atoms with Gasteiger partial charge < -0.3 is 4.74 Å². The van der Waals surface area contributed by atoms with E-state index in [2.05, 4.69) is 24.3 Å². The second-order valence-corrected chi connectivity index (χ2v) is 9.02.